The molecule has 0 spiro atoms. The van der Waals surface area contributed by atoms with Crippen molar-refractivity contribution in [3.8, 4) is 0 Å². The molecule has 0 amide bonds. The molecule has 0 radical (unpaired) electrons. The Morgan fingerprint density at radius 1 is 1.45 bits per heavy atom. The average Bonchev–Trinajstić information content (AvgIpc) is 3.24. The van der Waals surface area contributed by atoms with E-state index >= 15 is 0 Å². The van der Waals surface area contributed by atoms with Crippen molar-refractivity contribution in [2.75, 3.05) is 12.3 Å². The van der Waals surface area contributed by atoms with E-state index in [1.165, 1.54) is 5.56 Å². The van der Waals surface area contributed by atoms with Crippen LogP contribution in [0.2, 0.25) is 5.02 Å². The van der Waals surface area contributed by atoms with Crippen molar-refractivity contribution in [1.29, 1.82) is 0 Å². The highest BCUT2D eigenvalue weighted by atomic mass is 35.5. The SMILES string of the molecule is CCNC(CSCc1ccc(Cl)cc1)(C(=O)O)C1CC1. The zero-order valence-electron chi connectivity index (χ0n) is 11.6. The Morgan fingerprint density at radius 2 is 2.10 bits per heavy atom. The predicted molar refractivity (Wildman–Crippen MR) is 84.4 cm³/mol. The van der Waals surface area contributed by atoms with Gasteiger partial charge in [-0.15, -0.1) is 0 Å². The summed E-state index contributed by atoms with van der Waals surface area (Å²) in [6, 6.07) is 7.71. The highest BCUT2D eigenvalue weighted by molar-refractivity contribution is 7.98. The van der Waals surface area contributed by atoms with Crippen LogP contribution in [0, 0.1) is 5.92 Å². The maximum atomic E-state index is 11.7. The molecule has 0 bridgehead atoms. The smallest absolute Gasteiger partial charge is 0.325 e. The van der Waals surface area contributed by atoms with E-state index in [2.05, 4.69) is 5.32 Å². The molecule has 1 saturated carbocycles. The fourth-order valence-electron chi connectivity index (χ4n) is 2.43. The van der Waals surface area contributed by atoms with E-state index in [4.69, 9.17) is 11.6 Å². The van der Waals surface area contributed by atoms with Gasteiger partial charge in [0.05, 0.1) is 0 Å². The monoisotopic (exact) mass is 313 g/mol. The minimum atomic E-state index is -0.758. The van der Waals surface area contributed by atoms with E-state index in [9.17, 15) is 9.90 Å². The van der Waals surface area contributed by atoms with E-state index in [0.29, 0.717) is 12.3 Å². The number of hydrogen-bond acceptors (Lipinski definition) is 3. The molecule has 1 aromatic rings. The van der Waals surface area contributed by atoms with Gasteiger partial charge in [-0.05, 0) is 43.0 Å². The first-order valence-corrected chi connectivity index (χ1v) is 8.42. The number of benzene rings is 1. The number of carboxylic acids is 1. The summed E-state index contributed by atoms with van der Waals surface area (Å²) in [6.07, 6.45) is 2.03. The second-order valence-electron chi connectivity index (χ2n) is 5.20. The lowest BCUT2D eigenvalue weighted by atomic mass is 9.96. The molecule has 0 aromatic heterocycles. The van der Waals surface area contributed by atoms with Crippen molar-refractivity contribution >= 4 is 29.3 Å². The first kappa shape index (κ1) is 15.7. The number of carbonyl (C=O) groups is 1. The lowest BCUT2D eigenvalue weighted by Crippen LogP contribution is -2.56. The van der Waals surface area contributed by atoms with Crippen LogP contribution in [0.15, 0.2) is 24.3 Å². The number of nitrogens with one attached hydrogen (secondary N) is 1. The summed E-state index contributed by atoms with van der Waals surface area (Å²) in [7, 11) is 0. The summed E-state index contributed by atoms with van der Waals surface area (Å²) < 4.78 is 0. The van der Waals surface area contributed by atoms with E-state index in [1.807, 2.05) is 31.2 Å². The molecule has 3 nitrogen and oxygen atoms in total. The van der Waals surface area contributed by atoms with Gasteiger partial charge in [0, 0.05) is 16.5 Å². The molecule has 0 saturated heterocycles. The lowest BCUT2D eigenvalue weighted by molar-refractivity contribution is -0.144. The Labute approximate surface area is 129 Å². The number of likely N-dealkylation sites (N-methyl/N-ethyl adjacent to an activating group) is 1. The molecule has 1 atom stereocenters. The fraction of sp³-hybridized carbons (Fsp3) is 0.533. The van der Waals surface area contributed by atoms with Gasteiger partial charge >= 0.3 is 5.97 Å². The Hall–Kier alpha value is -0.710. The zero-order chi connectivity index (χ0) is 14.6. The van der Waals surface area contributed by atoms with E-state index in [1.54, 1.807) is 11.8 Å². The standard InChI is InChI=1S/C15H20ClNO2S/c1-2-17-15(14(18)19,12-5-6-12)10-20-9-11-3-7-13(16)8-4-11/h3-4,7-8,12,17H,2,5-6,9-10H2,1H3,(H,18,19). The van der Waals surface area contributed by atoms with Crippen LogP contribution in [0.5, 0.6) is 0 Å². The van der Waals surface area contributed by atoms with Gasteiger partial charge in [-0.3, -0.25) is 4.79 Å². The highest BCUT2D eigenvalue weighted by Gasteiger charge is 2.50. The molecule has 1 fully saturated rings. The summed E-state index contributed by atoms with van der Waals surface area (Å²) >= 11 is 7.53. The zero-order valence-corrected chi connectivity index (χ0v) is 13.1. The molecule has 1 aliphatic carbocycles. The number of halogens is 1. The first-order valence-electron chi connectivity index (χ1n) is 6.89. The summed E-state index contributed by atoms with van der Waals surface area (Å²) in [5, 5.41) is 13.5. The summed E-state index contributed by atoms with van der Waals surface area (Å²) in [4.78, 5) is 11.7. The van der Waals surface area contributed by atoms with Gasteiger partial charge in [0.25, 0.3) is 0 Å². The van der Waals surface area contributed by atoms with Crippen molar-refractivity contribution in [2.24, 2.45) is 5.92 Å². The van der Waals surface area contributed by atoms with Gasteiger partial charge in [-0.25, -0.2) is 0 Å². The van der Waals surface area contributed by atoms with E-state index in [0.717, 1.165) is 23.6 Å². The summed E-state index contributed by atoms with van der Waals surface area (Å²) in [6.45, 7) is 2.65. The third-order valence-electron chi connectivity index (χ3n) is 3.66. The highest BCUT2D eigenvalue weighted by Crippen LogP contribution is 2.42. The second-order valence-corrected chi connectivity index (χ2v) is 6.62. The molecule has 20 heavy (non-hydrogen) atoms. The van der Waals surface area contributed by atoms with Crippen LogP contribution in [-0.2, 0) is 10.5 Å². The Kier molecular flexibility index (Phi) is 5.35. The van der Waals surface area contributed by atoms with Crippen LogP contribution >= 0.6 is 23.4 Å². The minimum Gasteiger partial charge on any atom is -0.480 e. The van der Waals surface area contributed by atoms with Gasteiger partial charge in [0.1, 0.15) is 5.54 Å². The Bertz CT molecular complexity index is 461. The molecular formula is C15H20ClNO2S. The predicted octanol–water partition coefficient (Wildman–Crippen LogP) is 3.42. The molecule has 0 aliphatic heterocycles. The van der Waals surface area contributed by atoms with Crippen molar-refractivity contribution in [1.82, 2.24) is 5.32 Å². The molecule has 2 rings (SSSR count). The third-order valence-corrected chi connectivity index (χ3v) is 5.11. The minimum absolute atomic E-state index is 0.276. The van der Waals surface area contributed by atoms with Gasteiger partial charge in [0.2, 0.25) is 0 Å². The second kappa shape index (κ2) is 6.83. The normalized spacial score (nSPS) is 17.7. The average molecular weight is 314 g/mol. The van der Waals surface area contributed by atoms with Crippen LogP contribution in [-0.4, -0.2) is 28.9 Å². The number of carboxylic acid groups (broad SMARTS) is 1. The summed E-state index contributed by atoms with van der Waals surface area (Å²) in [5.74, 6) is 0.969. The molecule has 0 heterocycles. The molecule has 1 aliphatic rings. The number of hydrogen-bond donors (Lipinski definition) is 2. The quantitative estimate of drug-likeness (QED) is 0.772. The van der Waals surface area contributed by atoms with Crippen LogP contribution in [0.1, 0.15) is 25.3 Å². The van der Waals surface area contributed by atoms with Gasteiger partial charge in [-0.1, -0.05) is 30.7 Å². The topological polar surface area (TPSA) is 49.3 Å². The van der Waals surface area contributed by atoms with Crippen molar-refractivity contribution < 1.29 is 9.90 Å². The summed E-state index contributed by atoms with van der Waals surface area (Å²) in [5.41, 5.74) is 0.414. The molecular weight excluding hydrogens is 294 g/mol. The fourth-order valence-corrected chi connectivity index (χ4v) is 3.87. The van der Waals surface area contributed by atoms with Crippen molar-refractivity contribution in [3.05, 3.63) is 34.9 Å². The number of thioether (sulfide) groups is 1. The molecule has 2 N–H and O–H groups in total. The third kappa shape index (κ3) is 3.68. The van der Waals surface area contributed by atoms with Crippen LogP contribution in [0.25, 0.3) is 0 Å². The van der Waals surface area contributed by atoms with Crippen LogP contribution in [0.3, 0.4) is 0 Å². The van der Waals surface area contributed by atoms with Gasteiger partial charge in [-0.2, -0.15) is 11.8 Å². The van der Waals surface area contributed by atoms with E-state index < -0.39 is 11.5 Å². The largest absolute Gasteiger partial charge is 0.480 e. The van der Waals surface area contributed by atoms with Crippen molar-refractivity contribution in [3.63, 3.8) is 0 Å². The molecule has 5 heteroatoms. The Morgan fingerprint density at radius 3 is 2.60 bits per heavy atom. The van der Waals surface area contributed by atoms with E-state index in [-0.39, 0.29) is 5.92 Å². The lowest BCUT2D eigenvalue weighted by Gasteiger charge is -2.30. The van der Waals surface area contributed by atoms with Crippen molar-refractivity contribution in [2.45, 2.75) is 31.1 Å². The van der Waals surface area contributed by atoms with Gasteiger partial charge < -0.3 is 10.4 Å². The first-order chi connectivity index (χ1) is 9.58. The maximum absolute atomic E-state index is 11.7. The van der Waals surface area contributed by atoms with Crippen LogP contribution in [0.4, 0.5) is 0 Å². The molecule has 1 aromatic carbocycles. The molecule has 1 unspecified atom stereocenters. The molecule has 110 valence electrons. The number of aliphatic carboxylic acids is 1. The Balaban J connectivity index is 1.95. The van der Waals surface area contributed by atoms with Gasteiger partial charge in [0.15, 0.2) is 0 Å². The van der Waals surface area contributed by atoms with Crippen LogP contribution < -0.4 is 5.32 Å². The maximum Gasteiger partial charge on any atom is 0.325 e. The number of rotatable bonds is 8.